The Morgan fingerprint density at radius 3 is 2.44 bits per heavy atom. The molecule has 2 heterocycles. The van der Waals surface area contributed by atoms with E-state index >= 15 is 0 Å². The second-order valence-electron chi connectivity index (χ2n) is 7.56. The SMILES string of the molecule is N#Cc1ccc(S(=O)(=O)N2CCC(C(=O)N=c3sccn3Cc3ccccc3)CC2)cc1. The molecular formula is C23H22N4O3S2. The molecule has 0 radical (unpaired) electrons. The molecule has 1 aromatic heterocycles. The molecule has 0 bridgehead atoms. The smallest absolute Gasteiger partial charge is 0.251 e. The van der Waals surface area contributed by atoms with Crippen molar-refractivity contribution in [2.75, 3.05) is 13.1 Å². The molecule has 0 N–H and O–H groups in total. The molecule has 1 amide bonds. The third-order valence-corrected chi connectivity index (χ3v) is 8.19. The number of nitrogens with zero attached hydrogens (tertiary/aromatic N) is 4. The highest BCUT2D eigenvalue weighted by molar-refractivity contribution is 7.89. The van der Waals surface area contributed by atoms with Crippen LogP contribution in [0.25, 0.3) is 0 Å². The maximum atomic E-state index is 12.9. The van der Waals surface area contributed by atoms with Gasteiger partial charge in [-0.2, -0.15) is 14.6 Å². The van der Waals surface area contributed by atoms with Crippen molar-refractivity contribution >= 4 is 27.3 Å². The summed E-state index contributed by atoms with van der Waals surface area (Å²) in [6.45, 7) is 1.17. The highest BCUT2D eigenvalue weighted by Crippen LogP contribution is 2.24. The maximum Gasteiger partial charge on any atom is 0.251 e. The average Bonchev–Trinajstić information content (AvgIpc) is 3.26. The largest absolute Gasteiger partial charge is 0.319 e. The van der Waals surface area contributed by atoms with E-state index in [1.54, 1.807) is 0 Å². The molecule has 1 saturated heterocycles. The van der Waals surface area contributed by atoms with Crippen molar-refractivity contribution in [2.24, 2.45) is 10.9 Å². The molecule has 1 aliphatic rings. The van der Waals surface area contributed by atoms with E-state index in [0.29, 0.717) is 29.8 Å². The molecule has 9 heteroatoms. The number of hydrogen-bond acceptors (Lipinski definition) is 5. The standard InChI is InChI=1S/C23H22N4O3S2/c24-16-18-6-8-21(9-7-18)32(29,30)27-12-10-20(11-13-27)22(28)25-23-26(14-15-31-23)17-19-4-2-1-3-5-19/h1-9,14-15,20H,10-13,17H2. The lowest BCUT2D eigenvalue weighted by molar-refractivity contribution is -0.122. The third-order valence-electron chi connectivity index (χ3n) is 5.49. The number of carbonyl (C=O) groups is 1. The molecule has 2 aromatic carbocycles. The predicted octanol–water partition coefficient (Wildman–Crippen LogP) is 3.00. The van der Waals surface area contributed by atoms with Crippen LogP contribution in [0.15, 0.2) is 76.1 Å². The summed E-state index contributed by atoms with van der Waals surface area (Å²) in [5, 5.41) is 10.8. The van der Waals surface area contributed by atoms with Crippen molar-refractivity contribution in [2.45, 2.75) is 24.3 Å². The number of rotatable bonds is 5. The van der Waals surface area contributed by atoms with Crippen LogP contribution in [0, 0.1) is 17.2 Å². The number of benzene rings is 2. The first-order valence-electron chi connectivity index (χ1n) is 10.2. The van der Waals surface area contributed by atoms with Gasteiger partial charge in [0.05, 0.1) is 16.5 Å². The lowest BCUT2D eigenvalue weighted by atomic mass is 9.98. The highest BCUT2D eigenvalue weighted by atomic mass is 32.2. The van der Waals surface area contributed by atoms with Crippen molar-refractivity contribution in [3.8, 4) is 6.07 Å². The Hall–Kier alpha value is -3.06. The van der Waals surface area contributed by atoms with Gasteiger partial charge in [0.25, 0.3) is 5.91 Å². The first-order chi connectivity index (χ1) is 15.5. The summed E-state index contributed by atoms with van der Waals surface area (Å²) in [6.07, 6.45) is 2.78. The lowest BCUT2D eigenvalue weighted by Crippen LogP contribution is -2.40. The Labute approximate surface area is 190 Å². The second kappa shape index (κ2) is 9.61. The normalized spacial score (nSPS) is 16.0. The Bertz CT molecular complexity index is 1300. The first kappa shape index (κ1) is 22.1. The summed E-state index contributed by atoms with van der Waals surface area (Å²) in [5.74, 6) is -0.501. The molecule has 0 aliphatic carbocycles. The Balaban J connectivity index is 1.42. The van der Waals surface area contributed by atoms with Crippen LogP contribution in [0.3, 0.4) is 0 Å². The zero-order valence-corrected chi connectivity index (χ0v) is 18.9. The van der Waals surface area contributed by atoms with Gasteiger partial charge in [-0.1, -0.05) is 30.3 Å². The predicted molar refractivity (Wildman–Crippen MR) is 121 cm³/mol. The van der Waals surface area contributed by atoms with Gasteiger partial charge in [0, 0.05) is 37.1 Å². The van der Waals surface area contributed by atoms with Gasteiger partial charge in [0.15, 0.2) is 4.80 Å². The van der Waals surface area contributed by atoms with Crippen LogP contribution in [-0.2, 0) is 21.4 Å². The topological polar surface area (TPSA) is 95.5 Å². The fourth-order valence-electron chi connectivity index (χ4n) is 3.67. The molecule has 1 fully saturated rings. The van der Waals surface area contributed by atoms with E-state index in [0.717, 1.165) is 5.56 Å². The van der Waals surface area contributed by atoms with Crippen LogP contribution in [0.4, 0.5) is 0 Å². The molecular weight excluding hydrogens is 444 g/mol. The van der Waals surface area contributed by atoms with Crippen molar-refractivity contribution in [3.63, 3.8) is 0 Å². The van der Waals surface area contributed by atoms with E-state index in [1.165, 1.54) is 39.9 Å². The summed E-state index contributed by atoms with van der Waals surface area (Å²) in [5.41, 5.74) is 1.54. The number of carbonyl (C=O) groups excluding carboxylic acids is 1. The van der Waals surface area contributed by atoms with Gasteiger partial charge >= 0.3 is 0 Å². The van der Waals surface area contributed by atoms with Crippen molar-refractivity contribution in [1.82, 2.24) is 8.87 Å². The summed E-state index contributed by atoms with van der Waals surface area (Å²) >= 11 is 1.41. The molecule has 164 valence electrons. The summed E-state index contributed by atoms with van der Waals surface area (Å²) in [7, 11) is -3.65. The lowest BCUT2D eigenvalue weighted by Gasteiger charge is -2.29. The van der Waals surface area contributed by atoms with Gasteiger partial charge in [-0.05, 0) is 42.7 Å². The second-order valence-corrected chi connectivity index (χ2v) is 10.4. The maximum absolute atomic E-state index is 12.9. The van der Waals surface area contributed by atoms with Gasteiger partial charge in [-0.15, -0.1) is 11.3 Å². The third kappa shape index (κ3) is 4.88. The number of aromatic nitrogens is 1. The number of hydrogen-bond donors (Lipinski definition) is 0. The first-order valence-corrected chi connectivity index (χ1v) is 12.6. The average molecular weight is 467 g/mol. The molecule has 1 aliphatic heterocycles. The minimum Gasteiger partial charge on any atom is -0.319 e. The molecule has 3 aromatic rings. The summed E-state index contributed by atoms with van der Waals surface area (Å²) < 4.78 is 29.1. The van der Waals surface area contributed by atoms with E-state index in [9.17, 15) is 13.2 Å². The van der Waals surface area contributed by atoms with Gasteiger partial charge in [-0.25, -0.2) is 8.42 Å². The number of thiazole rings is 1. The Morgan fingerprint density at radius 1 is 1.09 bits per heavy atom. The van der Waals surface area contributed by atoms with Gasteiger partial charge in [-0.3, -0.25) is 4.79 Å². The highest BCUT2D eigenvalue weighted by Gasteiger charge is 2.32. The van der Waals surface area contributed by atoms with E-state index in [1.807, 2.05) is 52.5 Å². The van der Waals surface area contributed by atoms with Gasteiger partial charge in [0.2, 0.25) is 10.0 Å². The molecule has 32 heavy (non-hydrogen) atoms. The Morgan fingerprint density at radius 2 is 1.78 bits per heavy atom. The quantitative estimate of drug-likeness (QED) is 0.578. The van der Waals surface area contributed by atoms with E-state index in [-0.39, 0.29) is 29.8 Å². The Kier molecular flexibility index (Phi) is 6.65. The van der Waals surface area contributed by atoms with Crippen LogP contribution in [-0.4, -0.2) is 36.3 Å². The van der Waals surface area contributed by atoms with Gasteiger partial charge < -0.3 is 4.57 Å². The number of sulfonamides is 1. The van der Waals surface area contributed by atoms with Crippen LogP contribution in [0.1, 0.15) is 24.0 Å². The number of piperidine rings is 1. The van der Waals surface area contributed by atoms with E-state index in [4.69, 9.17) is 5.26 Å². The van der Waals surface area contributed by atoms with E-state index < -0.39 is 10.0 Å². The molecule has 0 spiro atoms. The molecule has 0 atom stereocenters. The van der Waals surface area contributed by atoms with Crippen LogP contribution in [0.2, 0.25) is 0 Å². The van der Waals surface area contributed by atoms with Crippen LogP contribution in [0.5, 0.6) is 0 Å². The van der Waals surface area contributed by atoms with Crippen LogP contribution < -0.4 is 4.80 Å². The fourth-order valence-corrected chi connectivity index (χ4v) is 5.87. The van der Waals surface area contributed by atoms with Crippen molar-refractivity contribution in [3.05, 3.63) is 82.1 Å². The van der Waals surface area contributed by atoms with Gasteiger partial charge in [0.1, 0.15) is 0 Å². The number of nitriles is 1. The molecule has 7 nitrogen and oxygen atoms in total. The summed E-state index contributed by atoms with van der Waals surface area (Å²) in [4.78, 5) is 17.9. The minimum absolute atomic E-state index is 0.159. The minimum atomic E-state index is -3.65. The van der Waals surface area contributed by atoms with E-state index in [2.05, 4.69) is 4.99 Å². The fraction of sp³-hybridized carbons (Fsp3) is 0.261. The molecule has 0 unspecified atom stereocenters. The van der Waals surface area contributed by atoms with Crippen LogP contribution >= 0.6 is 11.3 Å². The van der Waals surface area contributed by atoms with Crippen molar-refractivity contribution in [1.29, 1.82) is 5.26 Å². The van der Waals surface area contributed by atoms with Crippen molar-refractivity contribution < 1.29 is 13.2 Å². The molecule has 4 rings (SSSR count). The number of amides is 1. The zero-order chi connectivity index (χ0) is 22.6. The molecule has 0 saturated carbocycles. The monoisotopic (exact) mass is 466 g/mol. The summed E-state index contributed by atoms with van der Waals surface area (Å²) in [6, 6.07) is 17.8. The zero-order valence-electron chi connectivity index (χ0n) is 17.3.